The molecule has 0 unspecified atom stereocenters. The van der Waals surface area contributed by atoms with Crippen molar-refractivity contribution in [3.8, 4) is 11.3 Å². The Morgan fingerprint density at radius 3 is 2.32 bits per heavy atom. The summed E-state index contributed by atoms with van der Waals surface area (Å²) in [7, 11) is 1.67. The number of halogens is 1. The third kappa shape index (κ3) is 5.92. The van der Waals surface area contributed by atoms with Gasteiger partial charge in [0.1, 0.15) is 11.5 Å². The first-order valence-corrected chi connectivity index (χ1v) is 12.4. The number of nitrogens with one attached hydrogen (secondary N) is 2. The molecule has 0 spiro atoms. The van der Waals surface area contributed by atoms with Gasteiger partial charge in [-0.1, -0.05) is 31.2 Å². The van der Waals surface area contributed by atoms with Crippen molar-refractivity contribution < 1.29 is 14.0 Å². The number of hydrogen-bond acceptors (Lipinski definition) is 5. The van der Waals surface area contributed by atoms with Crippen molar-refractivity contribution in [2.24, 2.45) is 0 Å². The molecule has 7 nitrogen and oxygen atoms in total. The first-order valence-electron chi connectivity index (χ1n) is 12.4. The molecule has 194 valence electrons. The molecule has 2 heterocycles. The first kappa shape index (κ1) is 26.6. The minimum atomic E-state index is -0.484. The van der Waals surface area contributed by atoms with Gasteiger partial charge in [-0.15, -0.1) is 0 Å². The fourth-order valence-electron chi connectivity index (χ4n) is 4.01. The molecule has 1 atom stereocenters. The van der Waals surface area contributed by atoms with Gasteiger partial charge in [-0.2, -0.15) is 0 Å². The van der Waals surface area contributed by atoms with Gasteiger partial charge >= 0.3 is 0 Å². The molecule has 0 aliphatic heterocycles. The quantitative estimate of drug-likeness (QED) is 0.324. The molecule has 0 aliphatic carbocycles. The number of anilines is 1. The standard InChI is InChI=1S/C30H29FN4O3/c1-4-20-5-7-22(8-6-20)27-14-13-26(34-29(37)19(2)32-3)30(38)35(27)18-21-15-24(17-33-16-21)28(36)23-9-11-25(31)12-10-23/h5-17,19,32H,4,18H2,1-3H3,(H,34,37)/t19-/m0/s1. The summed E-state index contributed by atoms with van der Waals surface area (Å²) in [6.07, 6.45) is 3.92. The predicted octanol–water partition coefficient (Wildman–Crippen LogP) is 4.44. The lowest BCUT2D eigenvalue weighted by Crippen LogP contribution is -2.37. The molecular weight excluding hydrogens is 483 g/mol. The van der Waals surface area contributed by atoms with E-state index in [1.807, 2.05) is 24.3 Å². The van der Waals surface area contributed by atoms with Crippen molar-refractivity contribution >= 4 is 17.4 Å². The second kappa shape index (κ2) is 11.7. The Labute approximate surface area is 220 Å². The monoisotopic (exact) mass is 512 g/mol. The lowest BCUT2D eigenvalue weighted by atomic mass is 10.0. The van der Waals surface area contributed by atoms with Crippen molar-refractivity contribution in [3.63, 3.8) is 0 Å². The van der Waals surface area contributed by atoms with Crippen LogP contribution >= 0.6 is 0 Å². The molecule has 0 saturated carbocycles. The number of amides is 1. The fourth-order valence-corrected chi connectivity index (χ4v) is 4.01. The molecule has 0 saturated heterocycles. The number of pyridine rings is 2. The van der Waals surface area contributed by atoms with Gasteiger partial charge in [-0.3, -0.25) is 19.4 Å². The molecule has 0 radical (unpaired) electrons. The number of benzene rings is 2. The second-order valence-corrected chi connectivity index (χ2v) is 8.99. The normalized spacial score (nSPS) is 11.7. The van der Waals surface area contributed by atoms with Gasteiger partial charge in [-0.05, 0) is 79.5 Å². The maximum atomic E-state index is 13.6. The van der Waals surface area contributed by atoms with Crippen molar-refractivity contribution in [1.82, 2.24) is 14.9 Å². The van der Waals surface area contributed by atoms with Crippen LogP contribution in [0.4, 0.5) is 10.1 Å². The average Bonchev–Trinajstić information content (AvgIpc) is 2.95. The topological polar surface area (TPSA) is 93.1 Å². The second-order valence-electron chi connectivity index (χ2n) is 8.99. The van der Waals surface area contributed by atoms with E-state index in [0.717, 1.165) is 12.0 Å². The number of carbonyl (C=O) groups excluding carboxylic acids is 2. The Morgan fingerprint density at radius 1 is 0.947 bits per heavy atom. The highest BCUT2D eigenvalue weighted by atomic mass is 19.1. The van der Waals surface area contributed by atoms with Gasteiger partial charge in [0.25, 0.3) is 5.56 Å². The SMILES string of the molecule is CCc1ccc(-c2ccc(NC(=O)[C@H](C)NC)c(=O)n2Cc2cncc(C(=O)c3ccc(F)cc3)c2)cc1. The summed E-state index contributed by atoms with van der Waals surface area (Å²) >= 11 is 0. The molecule has 4 rings (SSSR count). The number of aromatic nitrogens is 2. The third-order valence-electron chi connectivity index (χ3n) is 6.42. The van der Waals surface area contributed by atoms with Crippen molar-refractivity contribution in [1.29, 1.82) is 0 Å². The van der Waals surface area contributed by atoms with Crippen LogP contribution in [0.2, 0.25) is 0 Å². The summed E-state index contributed by atoms with van der Waals surface area (Å²) in [4.78, 5) is 43.3. The van der Waals surface area contributed by atoms with E-state index >= 15 is 0 Å². The van der Waals surface area contributed by atoms with E-state index in [0.29, 0.717) is 22.4 Å². The summed E-state index contributed by atoms with van der Waals surface area (Å²) in [5.41, 5.74) is 3.72. The Balaban J connectivity index is 1.74. The molecule has 0 fully saturated rings. The van der Waals surface area contributed by atoms with Crippen LogP contribution in [0.15, 0.2) is 83.9 Å². The van der Waals surface area contributed by atoms with Gasteiger partial charge in [-0.25, -0.2) is 4.39 Å². The van der Waals surface area contributed by atoms with Crippen LogP contribution in [0, 0.1) is 5.82 Å². The Hall–Kier alpha value is -4.43. The lowest BCUT2D eigenvalue weighted by molar-refractivity contribution is -0.117. The van der Waals surface area contributed by atoms with Crippen LogP contribution in [-0.2, 0) is 17.8 Å². The van der Waals surface area contributed by atoms with E-state index in [2.05, 4.69) is 22.5 Å². The molecule has 1 amide bonds. The smallest absolute Gasteiger partial charge is 0.275 e. The minimum Gasteiger partial charge on any atom is -0.320 e. The van der Waals surface area contributed by atoms with Crippen molar-refractivity contribution in [2.75, 3.05) is 12.4 Å². The van der Waals surface area contributed by atoms with E-state index in [9.17, 15) is 18.8 Å². The highest BCUT2D eigenvalue weighted by Gasteiger charge is 2.17. The van der Waals surface area contributed by atoms with Gasteiger partial charge in [0.05, 0.1) is 18.3 Å². The van der Waals surface area contributed by atoms with Gasteiger partial charge in [0.2, 0.25) is 5.91 Å². The minimum absolute atomic E-state index is 0.118. The highest BCUT2D eigenvalue weighted by Crippen LogP contribution is 2.22. The van der Waals surface area contributed by atoms with Crippen LogP contribution in [0.3, 0.4) is 0 Å². The molecule has 4 aromatic rings. The number of rotatable bonds is 9. The zero-order valence-corrected chi connectivity index (χ0v) is 21.5. The van der Waals surface area contributed by atoms with E-state index in [1.165, 1.54) is 36.0 Å². The first-order chi connectivity index (χ1) is 18.3. The summed E-state index contributed by atoms with van der Waals surface area (Å²) < 4.78 is 14.9. The van der Waals surface area contributed by atoms with E-state index in [-0.39, 0.29) is 29.5 Å². The van der Waals surface area contributed by atoms with Gasteiger partial charge in [0.15, 0.2) is 5.78 Å². The molecule has 0 bridgehead atoms. The lowest BCUT2D eigenvalue weighted by Gasteiger charge is -2.17. The van der Waals surface area contributed by atoms with E-state index in [4.69, 9.17) is 0 Å². The number of ketones is 1. The van der Waals surface area contributed by atoms with E-state index < -0.39 is 11.9 Å². The summed E-state index contributed by atoms with van der Waals surface area (Å²) in [6.45, 7) is 3.89. The molecule has 8 heteroatoms. The predicted molar refractivity (Wildman–Crippen MR) is 146 cm³/mol. The molecule has 2 aromatic heterocycles. The third-order valence-corrected chi connectivity index (χ3v) is 6.42. The zero-order chi connectivity index (χ0) is 27.2. The Bertz CT molecular complexity index is 1510. The van der Waals surface area contributed by atoms with Crippen LogP contribution < -0.4 is 16.2 Å². The summed E-state index contributed by atoms with van der Waals surface area (Å²) in [5.74, 6) is -1.06. The van der Waals surface area contributed by atoms with Crippen LogP contribution in [-0.4, -0.2) is 34.3 Å². The Kier molecular flexibility index (Phi) is 8.23. The maximum absolute atomic E-state index is 13.6. The van der Waals surface area contributed by atoms with Crippen molar-refractivity contribution in [3.05, 3.63) is 118 Å². The molecule has 0 aliphatic rings. The number of hydrogen-bond donors (Lipinski definition) is 2. The van der Waals surface area contributed by atoms with Gasteiger partial charge < -0.3 is 15.2 Å². The molecule has 2 aromatic carbocycles. The number of likely N-dealkylation sites (N-methyl/N-ethyl adjacent to an activating group) is 1. The fraction of sp³-hybridized carbons (Fsp3) is 0.200. The molecule has 2 N–H and O–H groups in total. The molecule has 38 heavy (non-hydrogen) atoms. The summed E-state index contributed by atoms with van der Waals surface area (Å²) in [5, 5.41) is 5.56. The van der Waals surface area contributed by atoms with E-state index in [1.54, 1.807) is 42.9 Å². The molecular formula is C30H29FN4O3. The Morgan fingerprint density at radius 2 is 1.66 bits per heavy atom. The van der Waals surface area contributed by atoms with Crippen LogP contribution in [0.25, 0.3) is 11.3 Å². The summed E-state index contributed by atoms with van der Waals surface area (Å²) in [6, 6.07) is 17.8. The van der Waals surface area contributed by atoms with Gasteiger partial charge in [0, 0.05) is 23.5 Å². The largest absolute Gasteiger partial charge is 0.320 e. The number of aryl methyl sites for hydroxylation is 1. The van der Waals surface area contributed by atoms with Crippen LogP contribution in [0.5, 0.6) is 0 Å². The number of carbonyl (C=O) groups is 2. The maximum Gasteiger partial charge on any atom is 0.275 e. The zero-order valence-electron chi connectivity index (χ0n) is 21.5. The van der Waals surface area contributed by atoms with Crippen molar-refractivity contribution in [2.45, 2.75) is 32.9 Å². The number of nitrogens with zero attached hydrogens (tertiary/aromatic N) is 2. The highest BCUT2D eigenvalue weighted by molar-refractivity contribution is 6.08. The van der Waals surface area contributed by atoms with Crippen LogP contribution in [0.1, 0.15) is 40.9 Å². The average molecular weight is 513 g/mol.